The Bertz CT molecular complexity index is 466. The van der Waals surface area contributed by atoms with E-state index in [2.05, 4.69) is 4.74 Å². The van der Waals surface area contributed by atoms with Crippen LogP contribution in [0.3, 0.4) is 0 Å². The van der Waals surface area contributed by atoms with Crippen LogP contribution in [0.15, 0.2) is 23.1 Å². The van der Waals surface area contributed by atoms with Gasteiger partial charge >= 0.3 is 11.7 Å². The van der Waals surface area contributed by atoms with Gasteiger partial charge in [-0.3, -0.25) is 14.9 Å². The minimum atomic E-state index is -0.879. The van der Waals surface area contributed by atoms with Gasteiger partial charge in [0.15, 0.2) is 0 Å². The van der Waals surface area contributed by atoms with E-state index >= 15 is 0 Å². The van der Waals surface area contributed by atoms with E-state index in [9.17, 15) is 19.3 Å². The molecular formula is C11H12FNO4S. The molecule has 0 bridgehead atoms. The molecular weight excluding hydrogens is 261 g/mol. The van der Waals surface area contributed by atoms with E-state index in [1.165, 1.54) is 19.2 Å². The number of rotatable bonds is 5. The van der Waals surface area contributed by atoms with E-state index in [4.69, 9.17) is 0 Å². The number of benzene rings is 1. The summed E-state index contributed by atoms with van der Waals surface area (Å²) >= 11 is 1.07. The van der Waals surface area contributed by atoms with Crippen molar-refractivity contribution in [3.05, 3.63) is 34.1 Å². The SMILES string of the molecule is COC(=O)CC(C)Sc1cccc(F)c1[N+](=O)[O-]. The number of ether oxygens (including phenoxy) is 1. The molecule has 0 spiro atoms. The second-order valence-corrected chi connectivity index (χ2v) is 5.03. The van der Waals surface area contributed by atoms with Gasteiger partial charge in [0.2, 0.25) is 5.82 Å². The number of nitro benzene ring substituents is 1. The number of nitrogens with zero attached hydrogens (tertiary/aromatic N) is 1. The van der Waals surface area contributed by atoms with Crippen LogP contribution in [-0.2, 0) is 9.53 Å². The van der Waals surface area contributed by atoms with Gasteiger partial charge < -0.3 is 4.74 Å². The van der Waals surface area contributed by atoms with Crippen molar-refractivity contribution in [1.29, 1.82) is 0 Å². The highest BCUT2D eigenvalue weighted by atomic mass is 32.2. The summed E-state index contributed by atoms with van der Waals surface area (Å²) in [6.45, 7) is 1.72. The summed E-state index contributed by atoms with van der Waals surface area (Å²) in [5.74, 6) is -1.29. The lowest BCUT2D eigenvalue weighted by atomic mass is 10.3. The average molecular weight is 273 g/mol. The molecule has 0 amide bonds. The van der Waals surface area contributed by atoms with Gasteiger partial charge in [-0.25, -0.2) is 0 Å². The molecule has 0 N–H and O–H groups in total. The first-order valence-electron chi connectivity index (χ1n) is 5.12. The molecule has 0 aliphatic heterocycles. The molecule has 1 aromatic rings. The average Bonchev–Trinajstić information content (AvgIpc) is 2.28. The fraction of sp³-hybridized carbons (Fsp3) is 0.364. The predicted octanol–water partition coefficient (Wildman–Crippen LogP) is 2.78. The van der Waals surface area contributed by atoms with E-state index in [0.717, 1.165) is 17.8 Å². The molecule has 0 saturated carbocycles. The summed E-state index contributed by atoms with van der Waals surface area (Å²) in [6, 6.07) is 3.89. The molecule has 98 valence electrons. The van der Waals surface area contributed by atoms with Crippen molar-refractivity contribution < 1.29 is 18.8 Å². The topological polar surface area (TPSA) is 69.4 Å². The Morgan fingerprint density at radius 3 is 2.83 bits per heavy atom. The first-order valence-corrected chi connectivity index (χ1v) is 6.00. The maximum atomic E-state index is 13.3. The van der Waals surface area contributed by atoms with Gasteiger partial charge in [0.25, 0.3) is 0 Å². The van der Waals surface area contributed by atoms with Crippen molar-refractivity contribution in [2.45, 2.75) is 23.5 Å². The molecule has 0 aromatic heterocycles. The van der Waals surface area contributed by atoms with E-state index < -0.39 is 22.4 Å². The number of methoxy groups -OCH3 is 1. The number of nitro groups is 1. The van der Waals surface area contributed by atoms with E-state index in [1.807, 2.05) is 0 Å². The second kappa shape index (κ2) is 6.34. The number of halogens is 1. The lowest BCUT2D eigenvalue weighted by Crippen LogP contribution is -2.09. The molecule has 0 aliphatic rings. The van der Waals surface area contributed by atoms with Gasteiger partial charge in [-0.05, 0) is 12.1 Å². The van der Waals surface area contributed by atoms with Crippen molar-refractivity contribution in [1.82, 2.24) is 0 Å². The first kappa shape index (κ1) is 14.4. The molecule has 0 aliphatic carbocycles. The van der Waals surface area contributed by atoms with E-state index in [0.29, 0.717) is 0 Å². The van der Waals surface area contributed by atoms with Crippen LogP contribution < -0.4 is 0 Å². The number of thioether (sulfide) groups is 1. The minimum absolute atomic E-state index is 0.106. The van der Waals surface area contributed by atoms with Gasteiger partial charge in [-0.2, -0.15) is 4.39 Å². The van der Waals surface area contributed by atoms with Gasteiger partial charge in [-0.1, -0.05) is 13.0 Å². The van der Waals surface area contributed by atoms with Crippen molar-refractivity contribution in [2.75, 3.05) is 7.11 Å². The third-order valence-corrected chi connectivity index (χ3v) is 3.29. The van der Waals surface area contributed by atoms with Crippen LogP contribution in [0.5, 0.6) is 0 Å². The summed E-state index contributed by atoms with van der Waals surface area (Å²) in [6.07, 6.45) is 0.106. The molecule has 0 radical (unpaired) electrons. The minimum Gasteiger partial charge on any atom is -0.469 e. The smallest absolute Gasteiger partial charge is 0.318 e. The second-order valence-electron chi connectivity index (χ2n) is 3.55. The molecule has 18 heavy (non-hydrogen) atoms. The van der Waals surface area contributed by atoms with Gasteiger partial charge in [0, 0.05) is 5.25 Å². The maximum Gasteiger partial charge on any atom is 0.318 e. The Morgan fingerprint density at radius 2 is 2.28 bits per heavy atom. The Hall–Kier alpha value is -1.63. The lowest BCUT2D eigenvalue weighted by Gasteiger charge is -2.10. The van der Waals surface area contributed by atoms with Crippen molar-refractivity contribution in [3.63, 3.8) is 0 Å². The van der Waals surface area contributed by atoms with Crippen LogP contribution in [0.1, 0.15) is 13.3 Å². The van der Waals surface area contributed by atoms with E-state index in [1.54, 1.807) is 6.92 Å². The Labute approximate surface area is 107 Å². The molecule has 0 fully saturated rings. The van der Waals surface area contributed by atoms with E-state index in [-0.39, 0.29) is 16.6 Å². The van der Waals surface area contributed by atoms with Crippen molar-refractivity contribution in [2.24, 2.45) is 0 Å². The molecule has 1 atom stereocenters. The fourth-order valence-corrected chi connectivity index (χ4v) is 2.44. The third-order valence-electron chi connectivity index (χ3n) is 2.14. The molecule has 5 nitrogen and oxygen atoms in total. The van der Waals surface area contributed by atoms with Gasteiger partial charge in [0.05, 0.1) is 23.3 Å². The number of para-hydroxylation sites is 1. The van der Waals surface area contributed by atoms with Crippen LogP contribution in [0.25, 0.3) is 0 Å². The summed E-state index contributed by atoms with van der Waals surface area (Å²) < 4.78 is 17.8. The highest BCUT2D eigenvalue weighted by Gasteiger charge is 2.22. The standard InChI is InChI=1S/C11H12FNO4S/c1-7(6-10(14)17-2)18-9-5-3-4-8(12)11(9)13(15)16/h3-5,7H,6H2,1-2H3. The van der Waals surface area contributed by atoms with Gasteiger partial charge in [0.1, 0.15) is 0 Å². The molecule has 1 aromatic carbocycles. The quantitative estimate of drug-likeness (QED) is 0.357. The van der Waals surface area contributed by atoms with Crippen LogP contribution in [0.4, 0.5) is 10.1 Å². The first-order chi connectivity index (χ1) is 8.45. The zero-order valence-electron chi connectivity index (χ0n) is 9.88. The maximum absolute atomic E-state index is 13.3. The zero-order valence-corrected chi connectivity index (χ0v) is 10.7. The largest absolute Gasteiger partial charge is 0.469 e. The van der Waals surface area contributed by atoms with Crippen LogP contribution in [0.2, 0.25) is 0 Å². The molecule has 7 heteroatoms. The molecule has 0 heterocycles. The molecule has 1 rings (SSSR count). The zero-order chi connectivity index (χ0) is 13.7. The lowest BCUT2D eigenvalue weighted by molar-refractivity contribution is -0.390. The Kier molecular flexibility index (Phi) is 5.08. The molecule has 1 unspecified atom stereocenters. The fourth-order valence-electron chi connectivity index (χ4n) is 1.34. The van der Waals surface area contributed by atoms with Crippen molar-refractivity contribution in [3.8, 4) is 0 Å². The summed E-state index contributed by atoms with van der Waals surface area (Å²) in [5, 5.41) is 10.5. The van der Waals surface area contributed by atoms with Crippen molar-refractivity contribution >= 4 is 23.4 Å². The number of carbonyl (C=O) groups is 1. The number of esters is 1. The van der Waals surface area contributed by atoms with Crippen LogP contribution >= 0.6 is 11.8 Å². The molecule has 0 saturated heterocycles. The number of hydrogen-bond donors (Lipinski definition) is 0. The monoisotopic (exact) mass is 273 g/mol. The number of carbonyl (C=O) groups excluding carboxylic acids is 1. The highest BCUT2D eigenvalue weighted by molar-refractivity contribution is 8.00. The summed E-state index contributed by atoms with van der Waals surface area (Å²) in [4.78, 5) is 21.3. The predicted molar refractivity (Wildman–Crippen MR) is 65.0 cm³/mol. The van der Waals surface area contributed by atoms with Crippen LogP contribution in [-0.4, -0.2) is 23.3 Å². The summed E-state index contributed by atoms with van der Waals surface area (Å²) in [5.41, 5.74) is -0.556. The highest BCUT2D eigenvalue weighted by Crippen LogP contribution is 2.34. The van der Waals surface area contributed by atoms with Gasteiger partial charge in [-0.15, -0.1) is 11.8 Å². The Morgan fingerprint density at radius 1 is 1.61 bits per heavy atom. The normalized spacial score (nSPS) is 11.9. The Balaban J connectivity index is 2.87. The number of hydrogen-bond acceptors (Lipinski definition) is 5. The van der Waals surface area contributed by atoms with Crippen LogP contribution in [0, 0.1) is 15.9 Å². The summed E-state index contributed by atoms with van der Waals surface area (Å²) in [7, 11) is 1.27. The third kappa shape index (κ3) is 3.69.